The van der Waals surface area contributed by atoms with Crippen molar-refractivity contribution in [2.75, 3.05) is 0 Å². The second kappa shape index (κ2) is 5.66. The summed E-state index contributed by atoms with van der Waals surface area (Å²) in [6, 6.07) is 11.1. The standard InChI is InChI=1S/C16H10BrF2NS/c1-9-15(11-4-2-3-5-13(11)17)20-16(21-9)12-8-10(18)6-7-14(12)19/h2-8H,1H3. The molecule has 1 aromatic heterocycles. The molecule has 0 saturated heterocycles. The molecule has 0 N–H and O–H groups in total. The van der Waals surface area contributed by atoms with Gasteiger partial charge in [0.2, 0.25) is 0 Å². The van der Waals surface area contributed by atoms with Crippen LogP contribution in [0.4, 0.5) is 8.78 Å². The van der Waals surface area contributed by atoms with Gasteiger partial charge in [0.25, 0.3) is 0 Å². The maximum Gasteiger partial charge on any atom is 0.133 e. The molecule has 0 amide bonds. The minimum atomic E-state index is -0.471. The summed E-state index contributed by atoms with van der Waals surface area (Å²) in [4.78, 5) is 5.45. The zero-order valence-corrected chi connectivity index (χ0v) is 13.4. The van der Waals surface area contributed by atoms with Crippen molar-refractivity contribution >= 4 is 27.3 Å². The van der Waals surface area contributed by atoms with Gasteiger partial charge >= 0.3 is 0 Å². The van der Waals surface area contributed by atoms with Crippen LogP contribution in [-0.2, 0) is 0 Å². The van der Waals surface area contributed by atoms with E-state index in [1.54, 1.807) is 0 Å². The van der Waals surface area contributed by atoms with Crippen LogP contribution in [0.5, 0.6) is 0 Å². The number of halogens is 3. The van der Waals surface area contributed by atoms with Gasteiger partial charge in [-0.3, -0.25) is 0 Å². The van der Waals surface area contributed by atoms with Gasteiger partial charge in [0.15, 0.2) is 0 Å². The van der Waals surface area contributed by atoms with Crippen molar-refractivity contribution in [1.29, 1.82) is 0 Å². The lowest BCUT2D eigenvalue weighted by Crippen LogP contribution is -1.87. The molecule has 0 aliphatic rings. The molecule has 1 nitrogen and oxygen atoms in total. The first-order chi connectivity index (χ1) is 10.1. The fourth-order valence-electron chi connectivity index (χ4n) is 2.08. The first kappa shape index (κ1) is 14.4. The highest BCUT2D eigenvalue weighted by Crippen LogP contribution is 2.37. The lowest BCUT2D eigenvalue weighted by Gasteiger charge is -2.01. The van der Waals surface area contributed by atoms with Crippen LogP contribution >= 0.6 is 27.3 Å². The summed E-state index contributed by atoms with van der Waals surface area (Å²) in [7, 11) is 0. The molecule has 3 rings (SSSR count). The molecular formula is C16H10BrF2NS. The fraction of sp³-hybridized carbons (Fsp3) is 0.0625. The van der Waals surface area contributed by atoms with Gasteiger partial charge in [0.05, 0.1) is 5.69 Å². The van der Waals surface area contributed by atoms with E-state index in [0.29, 0.717) is 5.01 Å². The lowest BCUT2D eigenvalue weighted by molar-refractivity contribution is 0.603. The quantitative estimate of drug-likeness (QED) is 0.556. The number of aromatic nitrogens is 1. The van der Waals surface area contributed by atoms with Gasteiger partial charge in [-0.25, -0.2) is 13.8 Å². The first-order valence-electron chi connectivity index (χ1n) is 6.24. The molecule has 21 heavy (non-hydrogen) atoms. The third kappa shape index (κ3) is 2.76. The zero-order valence-electron chi connectivity index (χ0n) is 11.0. The Morgan fingerprint density at radius 3 is 2.57 bits per heavy atom. The van der Waals surface area contributed by atoms with Crippen molar-refractivity contribution in [3.8, 4) is 21.8 Å². The molecule has 0 atom stereocenters. The molecule has 0 bridgehead atoms. The first-order valence-corrected chi connectivity index (χ1v) is 7.85. The normalized spacial score (nSPS) is 10.9. The maximum atomic E-state index is 13.9. The molecular weight excluding hydrogens is 356 g/mol. The highest BCUT2D eigenvalue weighted by atomic mass is 79.9. The Morgan fingerprint density at radius 2 is 1.81 bits per heavy atom. The van der Waals surface area contributed by atoms with Crippen molar-refractivity contribution in [1.82, 2.24) is 4.98 Å². The zero-order chi connectivity index (χ0) is 15.0. The number of thiazole rings is 1. The Hall–Kier alpha value is -1.59. The van der Waals surface area contributed by atoms with E-state index >= 15 is 0 Å². The van der Waals surface area contributed by atoms with E-state index < -0.39 is 11.6 Å². The Morgan fingerprint density at radius 1 is 1.05 bits per heavy atom. The van der Waals surface area contributed by atoms with Crippen molar-refractivity contribution in [3.05, 3.63) is 63.4 Å². The molecule has 0 spiro atoms. The van der Waals surface area contributed by atoms with Gasteiger partial charge in [-0.15, -0.1) is 11.3 Å². The number of nitrogens with zero attached hydrogens (tertiary/aromatic N) is 1. The van der Waals surface area contributed by atoms with Crippen LogP contribution < -0.4 is 0 Å². The molecule has 3 aromatic rings. The van der Waals surface area contributed by atoms with E-state index in [1.165, 1.54) is 17.4 Å². The van der Waals surface area contributed by atoms with Gasteiger partial charge < -0.3 is 0 Å². The second-order valence-corrected chi connectivity index (χ2v) is 6.59. The summed E-state index contributed by atoms with van der Waals surface area (Å²) in [5, 5.41) is 0.482. The van der Waals surface area contributed by atoms with Crippen LogP contribution in [0.1, 0.15) is 4.88 Å². The number of hydrogen-bond acceptors (Lipinski definition) is 2. The smallest absolute Gasteiger partial charge is 0.133 e. The van der Waals surface area contributed by atoms with Gasteiger partial charge in [0.1, 0.15) is 16.6 Å². The van der Waals surface area contributed by atoms with Crippen molar-refractivity contribution in [3.63, 3.8) is 0 Å². The Kier molecular flexibility index (Phi) is 3.87. The van der Waals surface area contributed by atoms with E-state index in [2.05, 4.69) is 20.9 Å². The van der Waals surface area contributed by atoms with Crippen LogP contribution in [0.15, 0.2) is 46.9 Å². The average Bonchev–Trinajstić information content (AvgIpc) is 2.84. The van der Waals surface area contributed by atoms with Gasteiger partial charge in [0, 0.05) is 20.5 Å². The average molecular weight is 366 g/mol. The predicted octanol–water partition coefficient (Wildman–Crippen LogP) is 5.83. The van der Waals surface area contributed by atoms with E-state index in [0.717, 1.165) is 32.7 Å². The van der Waals surface area contributed by atoms with Gasteiger partial charge in [-0.05, 0) is 31.2 Å². The number of rotatable bonds is 2. The Labute approximate surface area is 133 Å². The molecule has 106 valence electrons. The van der Waals surface area contributed by atoms with Gasteiger partial charge in [-0.1, -0.05) is 34.1 Å². The molecule has 0 aliphatic heterocycles. The molecule has 0 radical (unpaired) electrons. The predicted molar refractivity (Wildman–Crippen MR) is 85.3 cm³/mol. The van der Waals surface area contributed by atoms with Crippen molar-refractivity contribution in [2.45, 2.75) is 6.92 Å². The molecule has 0 saturated carbocycles. The summed E-state index contributed by atoms with van der Waals surface area (Å²) < 4.78 is 28.1. The summed E-state index contributed by atoms with van der Waals surface area (Å²) in [6.07, 6.45) is 0. The van der Waals surface area contributed by atoms with E-state index in [-0.39, 0.29) is 5.56 Å². The minimum Gasteiger partial charge on any atom is -0.236 e. The van der Waals surface area contributed by atoms with Crippen LogP contribution in [-0.4, -0.2) is 4.98 Å². The van der Waals surface area contributed by atoms with Crippen molar-refractivity contribution < 1.29 is 8.78 Å². The third-order valence-electron chi connectivity index (χ3n) is 3.08. The van der Waals surface area contributed by atoms with Crippen LogP contribution in [0.25, 0.3) is 21.8 Å². The van der Waals surface area contributed by atoms with E-state index in [1.807, 2.05) is 31.2 Å². The molecule has 0 unspecified atom stereocenters. The highest BCUT2D eigenvalue weighted by Gasteiger charge is 2.16. The molecule has 0 fully saturated rings. The summed E-state index contributed by atoms with van der Waals surface area (Å²) in [5.74, 6) is -0.939. The SMILES string of the molecule is Cc1sc(-c2cc(F)ccc2F)nc1-c1ccccc1Br. The van der Waals surface area contributed by atoms with Crippen molar-refractivity contribution in [2.24, 2.45) is 0 Å². The number of aryl methyl sites for hydroxylation is 1. The summed E-state index contributed by atoms with van der Waals surface area (Å²) in [6.45, 7) is 1.92. The van der Waals surface area contributed by atoms with Crippen LogP contribution in [0.3, 0.4) is 0 Å². The largest absolute Gasteiger partial charge is 0.236 e. The summed E-state index contributed by atoms with van der Waals surface area (Å²) >= 11 is 4.84. The lowest BCUT2D eigenvalue weighted by atomic mass is 10.1. The minimum absolute atomic E-state index is 0.196. The van der Waals surface area contributed by atoms with Crippen LogP contribution in [0, 0.1) is 18.6 Å². The topological polar surface area (TPSA) is 12.9 Å². The van der Waals surface area contributed by atoms with E-state index in [4.69, 9.17) is 0 Å². The van der Waals surface area contributed by atoms with E-state index in [9.17, 15) is 8.78 Å². The molecule has 1 heterocycles. The molecule has 5 heteroatoms. The fourth-order valence-corrected chi connectivity index (χ4v) is 3.49. The third-order valence-corrected chi connectivity index (χ3v) is 4.78. The highest BCUT2D eigenvalue weighted by molar-refractivity contribution is 9.10. The monoisotopic (exact) mass is 365 g/mol. The van der Waals surface area contributed by atoms with Gasteiger partial charge in [-0.2, -0.15) is 0 Å². The Balaban J connectivity index is 2.14. The Bertz CT molecular complexity index is 814. The molecule has 2 aromatic carbocycles. The van der Waals surface area contributed by atoms with Crippen LogP contribution in [0.2, 0.25) is 0 Å². The molecule has 0 aliphatic carbocycles. The summed E-state index contributed by atoms with van der Waals surface area (Å²) in [5.41, 5.74) is 1.92. The number of benzene rings is 2. The maximum absolute atomic E-state index is 13.9. The second-order valence-electron chi connectivity index (χ2n) is 4.53. The number of hydrogen-bond donors (Lipinski definition) is 0.